The molecule has 0 amide bonds. The van der Waals surface area contributed by atoms with Gasteiger partial charge in [0, 0.05) is 16.8 Å². The van der Waals surface area contributed by atoms with Crippen molar-refractivity contribution in [3.63, 3.8) is 0 Å². The minimum atomic E-state index is 0.356. The van der Waals surface area contributed by atoms with Crippen LogP contribution in [0.4, 0.5) is 0 Å². The van der Waals surface area contributed by atoms with E-state index < -0.39 is 0 Å². The number of aromatic nitrogens is 3. The molecule has 0 unspecified atom stereocenters. The van der Waals surface area contributed by atoms with Gasteiger partial charge in [-0.15, -0.1) is 10.2 Å². The van der Waals surface area contributed by atoms with Gasteiger partial charge in [0.25, 0.3) is 0 Å². The topological polar surface area (TPSA) is 39.9 Å². The van der Waals surface area contributed by atoms with Crippen LogP contribution in [0, 0.1) is 0 Å². The van der Waals surface area contributed by atoms with Crippen LogP contribution in [0.15, 0.2) is 53.7 Å². The zero-order valence-electron chi connectivity index (χ0n) is 13.9. The van der Waals surface area contributed by atoms with Crippen molar-refractivity contribution in [1.29, 1.82) is 0 Å². The molecule has 0 spiro atoms. The summed E-state index contributed by atoms with van der Waals surface area (Å²) in [6.07, 6.45) is 2.32. The fourth-order valence-corrected chi connectivity index (χ4v) is 3.93. The Morgan fingerprint density at radius 2 is 1.81 bits per heavy atom. The Labute approximate surface area is 166 Å². The third-order valence-electron chi connectivity index (χ3n) is 4.12. The quantitative estimate of drug-likeness (QED) is 0.466. The Bertz CT molecular complexity index is 894. The van der Waals surface area contributed by atoms with Crippen molar-refractivity contribution in [2.75, 3.05) is 0 Å². The molecule has 3 aromatic rings. The van der Waals surface area contributed by atoms with Crippen LogP contribution in [0.25, 0.3) is 0 Å². The molecule has 1 aliphatic carbocycles. The molecule has 0 N–H and O–H groups in total. The average molecular weight is 406 g/mol. The summed E-state index contributed by atoms with van der Waals surface area (Å²) in [5.41, 5.74) is 1.21. The van der Waals surface area contributed by atoms with E-state index in [1.165, 1.54) is 5.56 Å². The van der Waals surface area contributed by atoms with Crippen LogP contribution >= 0.6 is 35.0 Å². The van der Waals surface area contributed by atoms with E-state index in [1.54, 1.807) is 11.8 Å². The number of hydrogen-bond donors (Lipinski definition) is 0. The Kier molecular flexibility index (Phi) is 5.38. The van der Waals surface area contributed by atoms with Gasteiger partial charge in [0.2, 0.25) is 0 Å². The van der Waals surface area contributed by atoms with Gasteiger partial charge in [-0.2, -0.15) is 0 Å². The highest BCUT2D eigenvalue weighted by Gasteiger charge is 2.29. The maximum Gasteiger partial charge on any atom is 0.191 e. The average Bonchev–Trinajstić information content (AvgIpc) is 3.41. The predicted octanol–water partition coefficient (Wildman–Crippen LogP) is 5.79. The molecule has 4 nitrogen and oxygen atoms in total. The van der Waals surface area contributed by atoms with Crippen LogP contribution in [0.2, 0.25) is 10.0 Å². The highest BCUT2D eigenvalue weighted by Crippen LogP contribution is 2.39. The molecule has 134 valence electrons. The van der Waals surface area contributed by atoms with Gasteiger partial charge in [0.15, 0.2) is 11.0 Å². The van der Waals surface area contributed by atoms with E-state index >= 15 is 0 Å². The second-order valence-corrected chi connectivity index (χ2v) is 7.92. The van der Waals surface area contributed by atoms with Crippen molar-refractivity contribution in [3.05, 3.63) is 70.0 Å². The van der Waals surface area contributed by atoms with E-state index in [0.29, 0.717) is 23.4 Å². The summed E-state index contributed by atoms with van der Waals surface area (Å²) in [7, 11) is 0. The van der Waals surface area contributed by atoms with Crippen molar-refractivity contribution in [2.24, 2.45) is 0 Å². The van der Waals surface area contributed by atoms with Crippen LogP contribution in [0.3, 0.4) is 0 Å². The van der Waals surface area contributed by atoms with Crippen molar-refractivity contribution < 1.29 is 4.74 Å². The second-order valence-electron chi connectivity index (χ2n) is 6.13. The number of para-hydroxylation sites is 1. The molecule has 0 radical (unpaired) electrons. The molecule has 4 rings (SSSR count). The predicted molar refractivity (Wildman–Crippen MR) is 105 cm³/mol. The highest BCUT2D eigenvalue weighted by atomic mass is 35.5. The molecule has 1 fully saturated rings. The minimum absolute atomic E-state index is 0.356. The summed E-state index contributed by atoms with van der Waals surface area (Å²) < 4.78 is 8.06. The maximum atomic E-state index is 6.16. The SMILES string of the molecule is Clc1ccc(CSc2nnc(COc3ccccc3Cl)n2C2CC2)cc1. The second kappa shape index (κ2) is 7.91. The zero-order chi connectivity index (χ0) is 17.9. The van der Waals surface area contributed by atoms with Gasteiger partial charge in [0.05, 0.1) is 5.02 Å². The largest absolute Gasteiger partial charge is 0.484 e. The monoisotopic (exact) mass is 405 g/mol. The Hall–Kier alpha value is -1.69. The summed E-state index contributed by atoms with van der Waals surface area (Å²) in [5, 5.41) is 11.0. The molecule has 0 saturated heterocycles. The molecule has 26 heavy (non-hydrogen) atoms. The number of halogens is 2. The van der Waals surface area contributed by atoms with Crippen molar-refractivity contribution in [1.82, 2.24) is 14.8 Å². The summed E-state index contributed by atoms with van der Waals surface area (Å²) in [6, 6.07) is 15.8. The first-order chi connectivity index (χ1) is 12.7. The molecular formula is C19H17Cl2N3OS. The summed E-state index contributed by atoms with van der Waals surface area (Å²) in [5.74, 6) is 2.33. The summed E-state index contributed by atoms with van der Waals surface area (Å²) >= 11 is 13.8. The fraction of sp³-hybridized carbons (Fsp3) is 0.263. The van der Waals surface area contributed by atoms with Gasteiger partial charge in [0.1, 0.15) is 12.4 Å². The van der Waals surface area contributed by atoms with Crippen LogP contribution < -0.4 is 4.74 Å². The number of benzene rings is 2. The lowest BCUT2D eigenvalue weighted by molar-refractivity contribution is 0.288. The van der Waals surface area contributed by atoms with Crippen LogP contribution in [0.5, 0.6) is 5.75 Å². The molecule has 0 atom stereocenters. The molecule has 1 aromatic heterocycles. The molecule has 1 heterocycles. The van der Waals surface area contributed by atoms with Gasteiger partial charge in [-0.25, -0.2) is 0 Å². The Balaban J connectivity index is 1.46. The lowest BCUT2D eigenvalue weighted by atomic mass is 10.2. The van der Waals surface area contributed by atoms with E-state index in [1.807, 2.05) is 48.5 Å². The Morgan fingerprint density at radius 3 is 2.54 bits per heavy atom. The molecule has 1 saturated carbocycles. The minimum Gasteiger partial charge on any atom is -0.484 e. The number of thioether (sulfide) groups is 1. The lowest BCUT2D eigenvalue weighted by Crippen LogP contribution is -2.07. The highest BCUT2D eigenvalue weighted by molar-refractivity contribution is 7.98. The molecule has 0 bridgehead atoms. The van der Waals surface area contributed by atoms with Crippen LogP contribution in [0.1, 0.15) is 30.3 Å². The van der Waals surface area contributed by atoms with Crippen molar-refractivity contribution in [2.45, 2.75) is 36.4 Å². The smallest absolute Gasteiger partial charge is 0.191 e. The molecule has 1 aliphatic rings. The standard InChI is InChI=1S/C19H17Cl2N3OS/c20-14-7-5-13(6-8-14)12-26-19-23-22-18(24(19)15-9-10-15)11-25-17-4-2-1-3-16(17)21/h1-8,15H,9-12H2. The van der Waals surface area contributed by atoms with Gasteiger partial charge in [-0.1, -0.05) is 59.2 Å². The first kappa shape index (κ1) is 17.7. The zero-order valence-corrected chi connectivity index (χ0v) is 16.3. The third-order valence-corrected chi connectivity index (χ3v) is 5.70. The summed E-state index contributed by atoms with van der Waals surface area (Å²) in [4.78, 5) is 0. The third kappa shape index (κ3) is 4.17. The fourth-order valence-electron chi connectivity index (χ4n) is 2.64. The van der Waals surface area contributed by atoms with Crippen LogP contribution in [-0.2, 0) is 12.4 Å². The van der Waals surface area contributed by atoms with Crippen LogP contribution in [-0.4, -0.2) is 14.8 Å². The Morgan fingerprint density at radius 1 is 1.04 bits per heavy atom. The first-order valence-corrected chi connectivity index (χ1v) is 10.1. The van der Waals surface area contributed by atoms with E-state index in [9.17, 15) is 0 Å². The number of ether oxygens (including phenoxy) is 1. The van der Waals surface area contributed by atoms with Crippen molar-refractivity contribution >= 4 is 35.0 Å². The number of rotatable bonds is 7. The van der Waals surface area contributed by atoms with E-state index in [2.05, 4.69) is 14.8 Å². The lowest BCUT2D eigenvalue weighted by Gasteiger charge is -2.10. The van der Waals surface area contributed by atoms with Gasteiger partial charge >= 0.3 is 0 Å². The normalized spacial score (nSPS) is 13.8. The summed E-state index contributed by atoms with van der Waals surface area (Å²) in [6.45, 7) is 0.356. The van der Waals surface area contributed by atoms with E-state index in [4.69, 9.17) is 27.9 Å². The van der Waals surface area contributed by atoms with Gasteiger partial charge in [-0.3, -0.25) is 4.57 Å². The first-order valence-electron chi connectivity index (χ1n) is 8.39. The van der Waals surface area contributed by atoms with Crippen molar-refractivity contribution in [3.8, 4) is 5.75 Å². The molecular weight excluding hydrogens is 389 g/mol. The number of nitrogens with zero attached hydrogens (tertiary/aromatic N) is 3. The van der Waals surface area contributed by atoms with Gasteiger partial charge in [-0.05, 0) is 42.7 Å². The molecule has 7 heteroatoms. The molecule has 2 aromatic carbocycles. The van der Waals surface area contributed by atoms with E-state index in [-0.39, 0.29) is 0 Å². The van der Waals surface area contributed by atoms with E-state index in [0.717, 1.165) is 34.6 Å². The molecule has 0 aliphatic heterocycles. The number of hydrogen-bond acceptors (Lipinski definition) is 4. The van der Waals surface area contributed by atoms with Gasteiger partial charge < -0.3 is 4.74 Å². The maximum absolute atomic E-state index is 6.16.